The van der Waals surface area contributed by atoms with Gasteiger partial charge in [-0.3, -0.25) is 14.9 Å². The fourth-order valence-electron chi connectivity index (χ4n) is 1.45. The molecule has 0 aromatic heterocycles. The Morgan fingerprint density at radius 1 is 1.28 bits per heavy atom. The van der Waals surface area contributed by atoms with E-state index in [9.17, 15) is 14.9 Å². The molecule has 0 saturated carbocycles. The smallest absolute Gasteiger partial charge is 0.270 e. The quantitative estimate of drug-likeness (QED) is 0.459. The summed E-state index contributed by atoms with van der Waals surface area (Å²) < 4.78 is 0. The molecule has 0 fully saturated rings. The molecule has 7 heteroatoms. The Hall–Kier alpha value is -1.33. The number of rotatable bonds is 6. The van der Waals surface area contributed by atoms with Gasteiger partial charge in [0.2, 0.25) is 0 Å². The van der Waals surface area contributed by atoms with Crippen molar-refractivity contribution in [1.29, 1.82) is 0 Å². The Bertz CT molecular complexity index is 434. The van der Waals surface area contributed by atoms with Crippen LogP contribution in [0.3, 0.4) is 0 Å². The molecule has 0 atom stereocenters. The van der Waals surface area contributed by atoms with E-state index in [1.807, 2.05) is 0 Å². The SMILES string of the molecule is O=C(c1cccc([N+](=O)[O-])c1)N(CCCl)CCCl. The van der Waals surface area contributed by atoms with Gasteiger partial charge in [-0.15, -0.1) is 23.2 Å². The first kappa shape index (κ1) is 14.7. The highest BCUT2D eigenvalue weighted by molar-refractivity contribution is 6.18. The number of carbonyl (C=O) groups is 1. The van der Waals surface area contributed by atoms with E-state index in [1.165, 1.54) is 29.2 Å². The molecular weight excluding hydrogens is 279 g/mol. The van der Waals surface area contributed by atoms with Crippen LogP contribution in [0.5, 0.6) is 0 Å². The maximum absolute atomic E-state index is 12.1. The Morgan fingerprint density at radius 2 is 1.89 bits per heavy atom. The second kappa shape index (κ2) is 7.18. The summed E-state index contributed by atoms with van der Waals surface area (Å²) in [6, 6.07) is 5.59. The van der Waals surface area contributed by atoms with Crippen molar-refractivity contribution in [1.82, 2.24) is 4.90 Å². The maximum atomic E-state index is 12.1. The number of hydrogen-bond donors (Lipinski definition) is 0. The number of nitro benzene ring substituents is 1. The van der Waals surface area contributed by atoms with Crippen LogP contribution in [0, 0.1) is 10.1 Å². The first-order valence-electron chi connectivity index (χ1n) is 5.25. The monoisotopic (exact) mass is 290 g/mol. The van der Waals surface area contributed by atoms with E-state index in [2.05, 4.69) is 0 Å². The molecule has 0 aliphatic heterocycles. The van der Waals surface area contributed by atoms with Gasteiger partial charge in [0.15, 0.2) is 0 Å². The highest BCUT2D eigenvalue weighted by atomic mass is 35.5. The number of non-ortho nitro benzene ring substituents is 1. The van der Waals surface area contributed by atoms with Crippen molar-refractivity contribution < 1.29 is 9.72 Å². The number of nitrogens with zero attached hydrogens (tertiary/aromatic N) is 2. The molecule has 1 amide bonds. The lowest BCUT2D eigenvalue weighted by atomic mass is 10.2. The van der Waals surface area contributed by atoms with Gasteiger partial charge in [0.05, 0.1) is 4.92 Å². The highest BCUT2D eigenvalue weighted by Crippen LogP contribution is 2.15. The molecule has 0 unspecified atom stereocenters. The summed E-state index contributed by atoms with van der Waals surface area (Å²) in [7, 11) is 0. The molecule has 0 aliphatic carbocycles. The number of alkyl halides is 2. The fraction of sp³-hybridized carbons (Fsp3) is 0.364. The second-order valence-corrected chi connectivity index (χ2v) is 4.23. The lowest BCUT2D eigenvalue weighted by Gasteiger charge is -2.20. The molecule has 0 spiro atoms. The van der Waals surface area contributed by atoms with Crippen LogP contribution in [0.2, 0.25) is 0 Å². The number of halogens is 2. The van der Waals surface area contributed by atoms with Crippen LogP contribution in [0.1, 0.15) is 10.4 Å². The van der Waals surface area contributed by atoms with Gasteiger partial charge >= 0.3 is 0 Å². The van der Waals surface area contributed by atoms with E-state index >= 15 is 0 Å². The summed E-state index contributed by atoms with van der Waals surface area (Å²) in [5, 5.41) is 10.6. The Labute approximate surface area is 114 Å². The van der Waals surface area contributed by atoms with Crippen molar-refractivity contribution in [2.45, 2.75) is 0 Å². The summed E-state index contributed by atoms with van der Waals surface area (Å²) in [6.45, 7) is 0.714. The third-order valence-corrected chi connectivity index (χ3v) is 2.64. The molecule has 0 bridgehead atoms. The van der Waals surface area contributed by atoms with Crippen molar-refractivity contribution >= 4 is 34.8 Å². The summed E-state index contributed by atoms with van der Waals surface area (Å²) in [4.78, 5) is 23.7. The van der Waals surface area contributed by atoms with Crippen molar-refractivity contribution in [2.24, 2.45) is 0 Å². The van der Waals surface area contributed by atoms with Gasteiger partial charge in [-0.2, -0.15) is 0 Å². The standard InChI is InChI=1S/C11H12Cl2N2O3/c12-4-6-14(7-5-13)11(16)9-2-1-3-10(8-9)15(17)18/h1-3,8H,4-7H2. The first-order chi connectivity index (χ1) is 8.60. The minimum Gasteiger partial charge on any atom is -0.336 e. The van der Waals surface area contributed by atoms with E-state index in [0.717, 1.165) is 0 Å². The van der Waals surface area contributed by atoms with Crippen LogP contribution in [0.4, 0.5) is 5.69 Å². The predicted molar refractivity (Wildman–Crippen MR) is 70.4 cm³/mol. The zero-order valence-corrected chi connectivity index (χ0v) is 11.0. The van der Waals surface area contributed by atoms with Gasteiger partial charge < -0.3 is 4.90 Å². The van der Waals surface area contributed by atoms with Gasteiger partial charge in [-0.25, -0.2) is 0 Å². The Kier molecular flexibility index (Phi) is 5.88. The molecule has 0 saturated heterocycles. The summed E-state index contributed by atoms with van der Waals surface area (Å²) >= 11 is 11.2. The van der Waals surface area contributed by atoms with Gasteiger partial charge in [-0.1, -0.05) is 6.07 Å². The van der Waals surface area contributed by atoms with Crippen molar-refractivity contribution in [3.8, 4) is 0 Å². The average molecular weight is 291 g/mol. The van der Waals surface area contributed by atoms with Crippen LogP contribution in [0.25, 0.3) is 0 Å². The first-order valence-corrected chi connectivity index (χ1v) is 6.32. The third kappa shape index (κ3) is 3.85. The Morgan fingerprint density at radius 3 is 2.39 bits per heavy atom. The molecule has 5 nitrogen and oxygen atoms in total. The van der Waals surface area contributed by atoms with Crippen molar-refractivity contribution in [3.05, 3.63) is 39.9 Å². The van der Waals surface area contributed by atoms with Gasteiger partial charge in [0, 0.05) is 42.5 Å². The zero-order chi connectivity index (χ0) is 13.5. The van der Waals surface area contributed by atoms with Crippen LogP contribution in [0.15, 0.2) is 24.3 Å². The van der Waals surface area contributed by atoms with E-state index in [0.29, 0.717) is 13.1 Å². The minimum atomic E-state index is -0.537. The average Bonchev–Trinajstić information content (AvgIpc) is 2.38. The molecule has 1 aromatic carbocycles. The van der Waals surface area contributed by atoms with Crippen LogP contribution in [-0.2, 0) is 0 Å². The molecule has 1 aromatic rings. The van der Waals surface area contributed by atoms with Crippen LogP contribution >= 0.6 is 23.2 Å². The van der Waals surface area contributed by atoms with Crippen molar-refractivity contribution in [2.75, 3.05) is 24.8 Å². The number of amides is 1. The fourth-order valence-corrected chi connectivity index (χ4v) is 1.86. The van der Waals surface area contributed by atoms with Crippen LogP contribution < -0.4 is 0 Å². The highest BCUT2D eigenvalue weighted by Gasteiger charge is 2.17. The Balaban J connectivity index is 2.93. The molecule has 0 N–H and O–H groups in total. The number of hydrogen-bond acceptors (Lipinski definition) is 3. The van der Waals surface area contributed by atoms with E-state index in [4.69, 9.17) is 23.2 Å². The maximum Gasteiger partial charge on any atom is 0.270 e. The summed E-state index contributed by atoms with van der Waals surface area (Å²) in [5.74, 6) is 0.273. The normalized spacial score (nSPS) is 10.1. The number of carbonyl (C=O) groups excluding carboxylic acids is 1. The molecule has 18 heavy (non-hydrogen) atoms. The summed E-state index contributed by atoms with van der Waals surface area (Å²) in [5.41, 5.74) is 0.150. The molecular formula is C11H12Cl2N2O3. The molecule has 0 radical (unpaired) electrons. The van der Waals surface area contributed by atoms with Gasteiger partial charge in [0.25, 0.3) is 11.6 Å². The largest absolute Gasteiger partial charge is 0.336 e. The lowest BCUT2D eigenvalue weighted by molar-refractivity contribution is -0.384. The molecule has 0 aliphatic rings. The van der Waals surface area contributed by atoms with Crippen LogP contribution in [-0.4, -0.2) is 40.6 Å². The topological polar surface area (TPSA) is 63.4 Å². The van der Waals surface area contributed by atoms with E-state index < -0.39 is 4.92 Å². The predicted octanol–water partition coefficient (Wildman–Crippen LogP) is 2.51. The number of nitro groups is 1. The minimum absolute atomic E-state index is 0.113. The third-order valence-electron chi connectivity index (χ3n) is 2.30. The molecule has 1 rings (SSSR count). The lowest BCUT2D eigenvalue weighted by Crippen LogP contribution is -2.34. The van der Waals surface area contributed by atoms with E-state index in [1.54, 1.807) is 0 Å². The summed E-state index contributed by atoms with van der Waals surface area (Å²) in [6.07, 6.45) is 0. The second-order valence-electron chi connectivity index (χ2n) is 3.48. The van der Waals surface area contributed by atoms with E-state index in [-0.39, 0.29) is 28.9 Å². The molecule has 0 heterocycles. The van der Waals surface area contributed by atoms with Gasteiger partial charge in [-0.05, 0) is 6.07 Å². The molecule has 98 valence electrons. The number of benzene rings is 1. The zero-order valence-electron chi connectivity index (χ0n) is 9.51. The van der Waals surface area contributed by atoms with Gasteiger partial charge in [0.1, 0.15) is 0 Å². The van der Waals surface area contributed by atoms with Crippen molar-refractivity contribution in [3.63, 3.8) is 0 Å².